The van der Waals surface area contributed by atoms with E-state index in [-0.39, 0.29) is 5.91 Å². The number of carbonyl (C=O) groups is 1. The van der Waals surface area contributed by atoms with Gasteiger partial charge in [-0.05, 0) is 47.4 Å². The van der Waals surface area contributed by atoms with Crippen LogP contribution in [-0.4, -0.2) is 36.6 Å². The van der Waals surface area contributed by atoms with E-state index < -0.39 is 0 Å². The summed E-state index contributed by atoms with van der Waals surface area (Å²) in [6.07, 6.45) is 6.82. The van der Waals surface area contributed by atoms with E-state index in [1.807, 2.05) is 10.3 Å². The zero-order chi connectivity index (χ0) is 15.6. The summed E-state index contributed by atoms with van der Waals surface area (Å²) in [4.78, 5) is 23.1. The highest BCUT2D eigenvalue weighted by atomic mass is 32.1. The van der Waals surface area contributed by atoms with Crippen molar-refractivity contribution in [3.63, 3.8) is 0 Å². The first kappa shape index (κ1) is 14.1. The minimum Gasteiger partial charge on any atom is -0.331 e. The molecule has 0 atom stereocenters. The molecular weight excluding hydrogens is 310 g/mol. The lowest BCUT2D eigenvalue weighted by molar-refractivity contribution is 0.0730. The third kappa shape index (κ3) is 3.00. The molecule has 0 unspecified atom stereocenters. The number of aromatic nitrogens is 4. The standard InChI is InChI=1S/C16H15N5OS/c22-16(20(14-1-2-14)8-12-4-6-23-9-12)13-3-5-18-15(7-13)21-11-17-10-19-21/h3-7,9-11,14H,1-2,8H2. The Bertz CT molecular complexity index is 796. The molecule has 3 heterocycles. The first-order valence-electron chi connectivity index (χ1n) is 7.44. The molecule has 1 fully saturated rings. The van der Waals surface area contributed by atoms with Crippen LogP contribution in [0.5, 0.6) is 0 Å². The van der Waals surface area contributed by atoms with Gasteiger partial charge in [0, 0.05) is 24.3 Å². The summed E-state index contributed by atoms with van der Waals surface area (Å²) in [5.74, 6) is 0.641. The van der Waals surface area contributed by atoms with Gasteiger partial charge in [0.05, 0.1) is 0 Å². The molecule has 1 aliphatic carbocycles. The van der Waals surface area contributed by atoms with Gasteiger partial charge in [0.2, 0.25) is 0 Å². The summed E-state index contributed by atoms with van der Waals surface area (Å²) >= 11 is 1.66. The lowest BCUT2D eigenvalue weighted by atomic mass is 10.2. The maximum atomic E-state index is 12.9. The van der Waals surface area contributed by atoms with E-state index in [1.165, 1.54) is 11.9 Å². The van der Waals surface area contributed by atoms with Crippen molar-refractivity contribution >= 4 is 17.2 Å². The zero-order valence-electron chi connectivity index (χ0n) is 12.4. The van der Waals surface area contributed by atoms with Crippen LogP contribution in [0.15, 0.2) is 47.8 Å². The minimum absolute atomic E-state index is 0.0439. The second kappa shape index (κ2) is 5.92. The highest BCUT2D eigenvalue weighted by molar-refractivity contribution is 7.07. The van der Waals surface area contributed by atoms with Crippen LogP contribution in [0.3, 0.4) is 0 Å². The van der Waals surface area contributed by atoms with Crippen molar-refractivity contribution in [1.82, 2.24) is 24.6 Å². The van der Waals surface area contributed by atoms with Crippen LogP contribution in [0.2, 0.25) is 0 Å². The van der Waals surface area contributed by atoms with Gasteiger partial charge in [-0.25, -0.2) is 14.6 Å². The fourth-order valence-electron chi connectivity index (χ4n) is 2.50. The Morgan fingerprint density at radius 3 is 3.00 bits per heavy atom. The van der Waals surface area contributed by atoms with Crippen molar-refractivity contribution < 1.29 is 4.79 Å². The van der Waals surface area contributed by atoms with Gasteiger partial charge in [0.1, 0.15) is 12.7 Å². The van der Waals surface area contributed by atoms with Crippen molar-refractivity contribution in [1.29, 1.82) is 0 Å². The molecule has 3 aromatic rings. The van der Waals surface area contributed by atoms with E-state index in [0.717, 1.165) is 12.8 Å². The molecule has 23 heavy (non-hydrogen) atoms. The largest absolute Gasteiger partial charge is 0.331 e. The van der Waals surface area contributed by atoms with Crippen LogP contribution in [0.1, 0.15) is 28.8 Å². The van der Waals surface area contributed by atoms with Crippen LogP contribution in [0.4, 0.5) is 0 Å². The molecule has 0 saturated heterocycles. The first-order valence-corrected chi connectivity index (χ1v) is 8.38. The topological polar surface area (TPSA) is 63.9 Å². The molecule has 0 bridgehead atoms. The zero-order valence-corrected chi connectivity index (χ0v) is 13.2. The van der Waals surface area contributed by atoms with Crippen molar-refractivity contribution in [2.75, 3.05) is 0 Å². The molecule has 7 heteroatoms. The molecule has 0 aromatic carbocycles. The van der Waals surface area contributed by atoms with E-state index in [0.29, 0.717) is 24.0 Å². The summed E-state index contributed by atoms with van der Waals surface area (Å²) in [6, 6.07) is 5.94. The highest BCUT2D eigenvalue weighted by Crippen LogP contribution is 2.30. The number of rotatable bonds is 5. The molecule has 1 aliphatic rings. The smallest absolute Gasteiger partial charge is 0.254 e. The fraction of sp³-hybridized carbons (Fsp3) is 0.250. The fourth-order valence-corrected chi connectivity index (χ4v) is 3.16. The number of pyridine rings is 1. The number of nitrogens with zero attached hydrogens (tertiary/aromatic N) is 5. The predicted octanol–water partition coefficient (Wildman–Crippen LogP) is 2.53. The van der Waals surface area contributed by atoms with E-state index in [9.17, 15) is 4.79 Å². The third-order valence-corrected chi connectivity index (χ3v) is 4.56. The minimum atomic E-state index is 0.0439. The van der Waals surface area contributed by atoms with Gasteiger partial charge in [-0.2, -0.15) is 16.4 Å². The summed E-state index contributed by atoms with van der Waals surface area (Å²) < 4.78 is 1.55. The van der Waals surface area contributed by atoms with Gasteiger partial charge in [0.25, 0.3) is 5.91 Å². The quantitative estimate of drug-likeness (QED) is 0.723. The molecule has 0 aliphatic heterocycles. The number of hydrogen-bond acceptors (Lipinski definition) is 5. The molecule has 6 nitrogen and oxygen atoms in total. The molecule has 116 valence electrons. The molecule has 3 aromatic heterocycles. The lowest BCUT2D eigenvalue weighted by Gasteiger charge is -2.22. The van der Waals surface area contributed by atoms with Gasteiger partial charge in [0.15, 0.2) is 5.82 Å². The lowest BCUT2D eigenvalue weighted by Crippen LogP contribution is -2.32. The van der Waals surface area contributed by atoms with Gasteiger partial charge in [-0.1, -0.05) is 0 Å². The Labute approximate surface area is 137 Å². The van der Waals surface area contributed by atoms with Gasteiger partial charge >= 0.3 is 0 Å². The molecule has 4 rings (SSSR count). The number of thiophene rings is 1. The Hall–Kier alpha value is -2.54. The molecular formula is C16H15N5OS. The van der Waals surface area contributed by atoms with Crippen molar-refractivity contribution in [3.8, 4) is 5.82 Å². The van der Waals surface area contributed by atoms with Crippen LogP contribution >= 0.6 is 11.3 Å². The predicted molar refractivity (Wildman–Crippen MR) is 86.4 cm³/mol. The molecule has 1 saturated carbocycles. The third-order valence-electron chi connectivity index (χ3n) is 3.83. The second-order valence-corrected chi connectivity index (χ2v) is 6.32. The first-order chi connectivity index (χ1) is 11.3. The van der Waals surface area contributed by atoms with E-state index in [4.69, 9.17) is 0 Å². The Morgan fingerprint density at radius 1 is 1.39 bits per heavy atom. The van der Waals surface area contributed by atoms with E-state index in [2.05, 4.69) is 26.5 Å². The molecule has 0 radical (unpaired) electrons. The van der Waals surface area contributed by atoms with E-state index in [1.54, 1.807) is 40.7 Å². The Kier molecular flexibility index (Phi) is 3.63. The van der Waals surface area contributed by atoms with Crippen LogP contribution in [0.25, 0.3) is 5.82 Å². The van der Waals surface area contributed by atoms with E-state index >= 15 is 0 Å². The summed E-state index contributed by atoms with van der Waals surface area (Å²) in [5, 5.41) is 8.19. The van der Waals surface area contributed by atoms with Crippen LogP contribution < -0.4 is 0 Å². The normalized spacial score (nSPS) is 13.9. The number of amides is 1. The number of hydrogen-bond donors (Lipinski definition) is 0. The molecule has 0 spiro atoms. The highest BCUT2D eigenvalue weighted by Gasteiger charge is 2.33. The van der Waals surface area contributed by atoms with Crippen molar-refractivity contribution in [2.45, 2.75) is 25.4 Å². The second-order valence-electron chi connectivity index (χ2n) is 5.54. The van der Waals surface area contributed by atoms with Crippen LogP contribution in [0, 0.1) is 0 Å². The van der Waals surface area contributed by atoms with Crippen molar-refractivity contribution in [2.24, 2.45) is 0 Å². The van der Waals surface area contributed by atoms with Crippen LogP contribution in [-0.2, 0) is 6.54 Å². The maximum Gasteiger partial charge on any atom is 0.254 e. The van der Waals surface area contributed by atoms with Crippen molar-refractivity contribution in [3.05, 3.63) is 58.9 Å². The van der Waals surface area contributed by atoms with Gasteiger partial charge < -0.3 is 4.90 Å². The SMILES string of the molecule is O=C(c1ccnc(-n2cncn2)c1)N(Cc1ccsc1)C1CC1. The summed E-state index contributed by atoms with van der Waals surface area (Å²) in [6.45, 7) is 0.661. The number of carbonyl (C=O) groups excluding carboxylic acids is 1. The average molecular weight is 325 g/mol. The summed E-state index contributed by atoms with van der Waals surface area (Å²) in [7, 11) is 0. The maximum absolute atomic E-state index is 12.9. The Balaban J connectivity index is 1.60. The summed E-state index contributed by atoms with van der Waals surface area (Å²) in [5.41, 5.74) is 1.81. The monoisotopic (exact) mass is 325 g/mol. The molecule has 0 N–H and O–H groups in total. The Morgan fingerprint density at radius 2 is 2.30 bits per heavy atom. The van der Waals surface area contributed by atoms with Gasteiger partial charge in [-0.15, -0.1) is 0 Å². The van der Waals surface area contributed by atoms with Gasteiger partial charge in [-0.3, -0.25) is 4.79 Å². The molecule has 1 amide bonds. The average Bonchev–Trinajstić information content (AvgIpc) is 3.05.